The summed E-state index contributed by atoms with van der Waals surface area (Å²) in [4.78, 5) is 13.4. The Balaban J connectivity index is 2.14. The van der Waals surface area contributed by atoms with E-state index in [1.54, 1.807) is 36.0 Å². The van der Waals surface area contributed by atoms with Crippen molar-refractivity contribution in [3.8, 4) is 0 Å². The van der Waals surface area contributed by atoms with Gasteiger partial charge in [-0.15, -0.1) is 11.8 Å². The van der Waals surface area contributed by atoms with Crippen LogP contribution in [0.3, 0.4) is 0 Å². The number of hydrogen-bond donors (Lipinski definition) is 0. The molecule has 1 atom stereocenters. The number of thioether (sulfide) groups is 1. The number of Topliss-reactive ketones (excluding diaryl/α,β-unsaturated/α-hetero) is 1. The zero-order valence-corrected chi connectivity index (χ0v) is 14.8. The highest BCUT2D eigenvalue weighted by Crippen LogP contribution is 2.19. The van der Waals surface area contributed by atoms with Crippen LogP contribution in [0.5, 0.6) is 0 Å². The van der Waals surface area contributed by atoms with Crippen molar-refractivity contribution in [2.24, 2.45) is 0 Å². The van der Waals surface area contributed by atoms with E-state index in [2.05, 4.69) is 0 Å². The summed E-state index contributed by atoms with van der Waals surface area (Å²) in [5, 5.41) is 0. The molecular weight excluding hydrogens is 332 g/mol. The molecule has 0 N–H and O–H groups in total. The lowest BCUT2D eigenvalue weighted by atomic mass is 10.1. The molecule has 2 aromatic rings. The van der Waals surface area contributed by atoms with Crippen LogP contribution in [0.4, 0.5) is 0 Å². The van der Waals surface area contributed by atoms with E-state index in [0.29, 0.717) is 5.56 Å². The molecule has 1 unspecified atom stereocenters. The third kappa shape index (κ3) is 4.43. The minimum atomic E-state index is -3.97. The highest BCUT2D eigenvalue weighted by atomic mass is 32.2. The van der Waals surface area contributed by atoms with Gasteiger partial charge in [-0.2, -0.15) is 8.42 Å². The second-order valence-corrected chi connectivity index (χ2v) is 7.55. The van der Waals surface area contributed by atoms with E-state index in [1.165, 1.54) is 19.1 Å². The minimum Gasteiger partial charge on any atom is -0.291 e. The van der Waals surface area contributed by atoms with Crippen LogP contribution in [0.1, 0.15) is 22.8 Å². The van der Waals surface area contributed by atoms with Gasteiger partial charge in [-0.3, -0.25) is 8.98 Å². The number of benzene rings is 2. The number of aryl methyl sites for hydroxylation is 1. The molecule has 0 saturated heterocycles. The molecule has 2 rings (SSSR count). The van der Waals surface area contributed by atoms with E-state index in [0.717, 1.165) is 10.5 Å². The largest absolute Gasteiger partial charge is 0.297 e. The van der Waals surface area contributed by atoms with Crippen LogP contribution in [0, 0.1) is 6.92 Å². The van der Waals surface area contributed by atoms with Gasteiger partial charge in [0.05, 0.1) is 4.90 Å². The van der Waals surface area contributed by atoms with Gasteiger partial charge >= 0.3 is 0 Å². The molecule has 0 radical (unpaired) electrons. The summed E-state index contributed by atoms with van der Waals surface area (Å²) in [6, 6.07) is 13.3. The summed E-state index contributed by atoms with van der Waals surface area (Å²) in [6.07, 6.45) is 0.859. The second-order valence-electron chi connectivity index (χ2n) is 5.10. The molecule has 0 heterocycles. The summed E-state index contributed by atoms with van der Waals surface area (Å²) >= 11 is 1.57. The molecule has 0 fully saturated rings. The van der Waals surface area contributed by atoms with Gasteiger partial charge in [0, 0.05) is 10.5 Å². The normalized spacial score (nSPS) is 12.8. The number of rotatable bonds is 6. The SMILES string of the molecule is CSc1ccc(C(=O)C(C)OS(=O)(=O)c2ccc(C)cc2)cc1. The molecule has 0 aliphatic carbocycles. The quantitative estimate of drug-likeness (QED) is 0.452. The van der Waals surface area contributed by atoms with E-state index in [9.17, 15) is 13.2 Å². The molecule has 0 saturated carbocycles. The number of carbonyl (C=O) groups is 1. The number of hydrogen-bond acceptors (Lipinski definition) is 5. The summed E-state index contributed by atoms with van der Waals surface area (Å²) in [5.41, 5.74) is 1.37. The Morgan fingerprint density at radius 2 is 1.61 bits per heavy atom. The average Bonchev–Trinajstić information content (AvgIpc) is 2.54. The maximum atomic E-state index is 12.3. The van der Waals surface area contributed by atoms with Crippen molar-refractivity contribution in [1.29, 1.82) is 0 Å². The monoisotopic (exact) mass is 350 g/mol. The molecule has 2 aromatic carbocycles. The van der Waals surface area contributed by atoms with Gasteiger partial charge in [0.2, 0.25) is 0 Å². The van der Waals surface area contributed by atoms with Gasteiger partial charge in [0.1, 0.15) is 6.10 Å². The molecule has 122 valence electrons. The van der Waals surface area contributed by atoms with Crippen molar-refractivity contribution in [2.75, 3.05) is 6.26 Å². The molecule has 0 aliphatic heterocycles. The first kappa shape index (κ1) is 17.7. The highest BCUT2D eigenvalue weighted by Gasteiger charge is 2.24. The fourth-order valence-corrected chi connectivity index (χ4v) is 3.44. The molecular formula is C17H18O4S2. The molecule has 0 aromatic heterocycles. The van der Waals surface area contributed by atoms with Crippen molar-refractivity contribution in [3.05, 3.63) is 59.7 Å². The molecule has 0 amide bonds. The lowest BCUT2D eigenvalue weighted by Gasteiger charge is -2.12. The fraction of sp³-hybridized carbons (Fsp3) is 0.235. The lowest BCUT2D eigenvalue weighted by Crippen LogP contribution is -2.24. The van der Waals surface area contributed by atoms with Crippen LogP contribution in [0.25, 0.3) is 0 Å². The predicted molar refractivity (Wildman–Crippen MR) is 91.5 cm³/mol. The second kappa shape index (κ2) is 7.29. The van der Waals surface area contributed by atoms with Crippen molar-refractivity contribution in [3.63, 3.8) is 0 Å². The van der Waals surface area contributed by atoms with Gasteiger partial charge in [-0.1, -0.05) is 29.8 Å². The van der Waals surface area contributed by atoms with Gasteiger partial charge in [0.15, 0.2) is 5.78 Å². The first-order valence-electron chi connectivity index (χ1n) is 7.02. The average molecular weight is 350 g/mol. The van der Waals surface area contributed by atoms with Gasteiger partial charge in [0.25, 0.3) is 10.1 Å². The minimum absolute atomic E-state index is 0.0421. The van der Waals surface area contributed by atoms with E-state index in [-0.39, 0.29) is 10.7 Å². The topological polar surface area (TPSA) is 60.4 Å². The van der Waals surface area contributed by atoms with Crippen LogP contribution in [0.2, 0.25) is 0 Å². The summed E-state index contributed by atoms with van der Waals surface area (Å²) in [7, 11) is -3.97. The third-order valence-corrected chi connectivity index (χ3v) is 5.46. The smallest absolute Gasteiger partial charge is 0.291 e. The zero-order chi connectivity index (χ0) is 17.0. The molecule has 6 heteroatoms. The lowest BCUT2D eigenvalue weighted by molar-refractivity contribution is 0.0825. The zero-order valence-electron chi connectivity index (χ0n) is 13.1. The molecule has 4 nitrogen and oxygen atoms in total. The van der Waals surface area contributed by atoms with Crippen molar-refractivity contribution in [1.82, 2.24) is 0 Å². The molecule has 0 aliphatic rings. The van der Waals surface area contributed by atoms with Crippen LogP contribution in [-0.2, 0) is 14.3 Å². The molecule has 0 spiro atoms. The maximum absolute atomic E-state index is 12.3. The van der Waals surface area contributed by atoms with Crippen LogP contribution in [0.15, 0.2) is 58.3 Å². The van der Waals surface area contributed by atoms with E-state index in [4.69, 9.17) is 4.18 Å². The van der Waals surface area contributed by atoms with E-state index >= 15 is 0 Å². The summed E-state index contributed by atoms with van der Waals surface area (Å²) in [5.74, 6) is -0.367. The Bertz CT molecular complexity index is 778. The highest BCUT2D eigenvalue weighted by molar-refractivity contribution is 7.98. The summed E-state index contributed by atoms with van der Waals surface area (Å²) < 4.78 is 29.5. The van der Waals surface area contributed by atoms with Gasteiger partial charge < -0.3 is 0 Å². The maximum Gasteiger partial charge on any atom is 0.297 e. The predicted octanol–water partition coefficient (Wildman–Crippen LogP) is 3.69. The molecule has 23 heavy (non-hydrogen) atoms. The Labute approximate surface area is 141 Å². The third-order valence-electron chi connectivity index (χ3n) is 3.32. The fourth-order valence-electron chi connectivity index (χ4n) is 1.98. The van der Waals surface area contributed by atoms with Crippen molar-refractivity contribution in [2.45, 2.75) is 29.7 Å². The Kier molecular flexibility index (Phi) is 5.62. The van der Waals surface area contributed by atoms with Crippen molar-refractivity contribution < 1.29 is 17.4 Å². The van der Waals surface area contributed by atoms with Crippen LogP contribution in [-0.4, -0.2) is 26.6 Å². The molecule has 0 bridgehead atoms. The number of carbonyl (C=O) groups excluding carboxylic acids is 1. The Hall–Kier alpha value is -1.63. The first-order chi connectivity index (χ1) is 10.8. The Morgan fingerprint density at radius 3 is 2.13 bits per heavy atom. The van der Waals surface area contributed by atoms with E-state index in [1.807, 2.05) is 25.3 Å². The summed E-state index contributed by atoms with van der Waals surface area (Å²) in [6.45, 7) is 3.30. The van der Waals surface area contributed by atoms with Crippen molar-refractivity contribution >= 4 is 27.7 Å². The van der Waals surface area contributed by atoms with Gasteiger partial charge in [-0.05, 0) is 44.4 Å². The number of ketones is 1. The van der Waals surface area contributed by atoms with Gasteiger partial charge in [-0.25, -0.2) is 0 Å². The van der Waals surface area contributed by atoms with Crippen LogP contribution >= 0.6 is 11.8 Å². The van der Waals surface area contributed by atoms with E-state index < -0.39 is 16.2 Å². The standard InChI is InChI=1S/C17H18O4S2/c1-12-4-10-16(11-5-12)23(19,20)21-13(2)17(18)14-6-8-15(22-3)9-7-14/h4-11,13H,1-3H3. The Morgan fingerprint density at radius 1 is 1.04 bits per heavy atom. The van der Waals surface area contributed by atoms with Crippen LogP contribution < -0.4 is 0 Å². The first-order valence-corrected chi connectivity index (χ1v) is 9.65.